The van der Waals surface area contributed by atoms with E-state index in [1.165, 1.54) is 0 Å². The van der Waals surface area contributed by atoms with Gasteiger partial charge in [0.05, 0.1) is 11.3 Å². The third-order valence-electron chi connectivity index (χ3n) is 2.07. The van der Waals surface area contributed by atoms with E-state index in [0.717, 1.165) is 6.08 Å². The van der Waals surface area contributed by atoms with Crippen molar-refractivity contribution in [1.29, 1.82) is 0 Å². The van der Waals surface area contributed by atoms with Crippen LogP contribution in [0.15, 0.2) is 22.1 Å². The van der Waals surface area contributed by atoms with Crippen molar-refractivity contribution in [2.45, 2.75) is 12.4 Å². The molecule has 0 bridgehead atoms. The van der Waals surface area contributed by atoms with Crippen LogP contribution in [0.4, 0.5) is 37.7 Å². The normalized spacial score (nSPS) is 11.5. The SMILES string of the molecule is O=C=Nc1ccc(C(F)(F)F)c(N=C=O)c1C(F)(F)F. The molecule has 0 N–H and O–H groups in total. The Balaban J connectivity index is 3.89. The predicted molar refractivity (Wildman–Crippen MR) is 52.0 cm³/mol. The molecule has 1 aromatic rings. The van der Waals surface area contributed by atoms with E-state index in [4.69, 9.17) is 0 Å². The monoisotopic (exact) mass is 296 g/mol. The molecule has 10 heteroatoms. The maximum atomic E-state index is 12.8. The zero-order valence-electron chi connectivity index (χ0n) is 9.13. The van der Waals surface area contributed by atoms with E-state index in [-0.39, 0.29) is 6.07 Å². The standard InChI is InChI=1S/C10H2F6N2O2/c11-9(12,13)5-1-2-6(17-3-19)7(10(14,15)16)8(5)18-4-20/h1-2H. The van der Waals surface area contributed by atoms with Crippen LogP contribution in [0, 0.1) is 0 Å². The van der Waals surface area contributed by atoms with Crippen molar-refractivity contribution < 1.29 is 35.9 Å². The van der Waals surface area contributed by atoms with Crippen LogP contribution >= 0.6 is 0 Å². The lowest BCUT2D eigenvalue weighted by molar-refractivity contribution is -0.141. The molecule has 0 saturated heterocycles. The molecular weight excluding hydrogens is 294 g/mol. The minimum Gasteiger partial charge on any atom is -0.211 e. The van der Waals surface area contributed by atoms with Crippen molar-refractivity contribution in [1.82, 2.24) is 0 Å². The van der Waals surface area contributed by atoms with Gasteiger partial charge in [0.25, 0.3) is 0 Å². The number of hydrogen-bond donors (Lipinski definition) is 0. The van der Waals surface area contributed by atoms with E-state index in [1.807, 2.05) is 0 Å². The highest BCUT2D eigenvalue weighted by Gasteiger charge is 2.43. The second-order valence-corrected chi connectivity index (χ2v) is 3.26. The highest BCUT2D eigenvalue weighted by atomic mass is 19.4. The van der Waals surface area contributed by atoms with Gasteiger partial charge in [-0.15, -0.1) is 0 Å². The number of carbonyl (C=O) groups excluding carboxylic acids is 2. The number of hydrogen-bond acceptors (Lipinski definition) is 4. The molecule has 0 unspecified atom stereocenters. The summed E-state index contributed by atoms with van der Waals surface area (Å²) >= 11 is 0. The van der Waals surface area contributed by atoms with E-state index < -0.39 is 34.9 Å². The van der Waals surface area contributed by atoms with Gasteiger partial charge >= 0.3 is 12.4 Å². The molecule has 106 valence electrons. The van der Waals surface area contributed by atoms with Crippen LogP contribution in [-0.2, 0) is 21.9 Å². The van der Waals surface area contributed by atoms with Gasteiger partial charge in [-0.3, -0.25) is 0 Å². The second kappa shape index (κ2) is 5.28. The number of isocyanates is 2. The zero-order chi connectivity index (χ0) is 15.6. The minimum atomic E-state index is -5.31. The summed E-state index contributed by atoms with van der Waals surface area (Å²) in [6.45, 7) is 0. The fourth-order valence-electron chi connectivity index (χ4n) is 1.39. The minimum absolute atomic E-state index is 0.224. The molecule has 0 aromatic heterocycles. The summed E-state index contributed by atoms with van der Waals surface area (Å²) in [5, 5.41) is 0. The molecule has 1 rings (SSSR count). The largest absolute Gasteiger partial charge is 0.420 e. The highest BCUT2D eigenvalue weighted by Crippen LogP contribution is 2.48. The lowest BCUT2D eigenvalue weighted by atomic mass is 10.0. The average molecular weight is 296 g/mol. The van der Waals surface area contributed by atoms with Gasteiger partial charge < -0.3 is 0 Å². The maximum absolute atomic E-state index is 12.8. The second-order valence-electron chi connectivity index (χ2n) is 3.26. The molecule has 0 atom stereocenters. The van der Waals surface area contributed by atoms with Crippen LogP contribution in [0.25, 0.3) is 0 Å². The molecule has 4 nitrogen and oxygen atoms in total. The number of alkyl halides is 6. The number of nitrogens with zero attached hydrogens (tertiary/aromatic N) is 2. The topological polar surface area (TPSA) is 58.9 Å². The Kier molecular flexibility index (Phi) is 4.12. The third kappa shape index (κ3) is 3.11. The van der Waals surface area contributed by atoms with Crippen LogP contribution in [0.3, 0.4) is 0 Å². The number of rotatable bonds is 2. The van der Waals surface area contributed by atoms with E-state index in [1.54, 1.807) is 0 Å². The van der Waals surface area contributed by atoms with E-state index in [0.29, 0.717) is 12.1 Å². The number of benzene rings is 1. The molecule has 0 amide bonds. The van der Waals surface area contributed by atoms with Crippen molar-refractivity contribution in [3.8, 4) is 0 Å². The van der Waals surface area contributed by atoms with Crippen LogP contribution in [0.5, 0.6) is 0 Å². The molecule has 0 fully saturated rings. The summed E-state index contributed by atoms with van der Waals surface area (Å²) in [5.41, 5.74) is -6.58. The first kappa shape index (κ1) is 15.6. The number of aliphatic imine (C=N–C) groups is 2. The fraction of sp³-hybridized carbons (Fsp3) is 0.200. The van der Waals surface area contributed by atoms with Gasteiger partial charge in [-0.05, 0) is 12.1 Å². The Morgan fingerprint density at radius 2 is 1.40 bits per heavy atom. The Bertz CT molecular complexity index is 622. The predicted octanol–water partition coefficient (Wildman–Crippen LogP) is 3.66. The summed E-state index contributed by atoms with van der Waals surface area (Å²) < 4.78 is 76.1. The van der Waals surface area contributed by atoms with Crippen LogP contribution in [0.2, 0.25) is 0 Å². The Morgan fingerprint density at radius 1 is 0.850 bits per heavy atom. The van der Waals surface area contributed by atoms with Crippen molar-refractivity contribution in [2.75, 3.05) is 0 Å². The first-order valence-corrected chi connectivity index (χ1v) is 4.60. The van der Waals surface area contributed by atoms with E-state index >= 15 is 0 Å². The summed E-state index contributed by atoms with van der Waals surface area (Å²) in [7, 11) is 0. The highest BCUT2D eigenvalue weighted by molar-refractivity contribution is 5.70. The van der Waals surface area contributed by atoms with Crippen LogP contribution in [-0.4, -0.2) is 12.2 Å². The average Bonchev–Trinajstić information content (AvgIpc) is 2.26. The molecular formula is C10H2F6N2O2. The quantitative estimate of drug-likeness (QED) is 0.475. The smallest absolute Gasteiger partial charge is 0.211 e. The van der Waals surface area contributed by atoms with Crippen LogP contribution < -0.4 is 0 Å². The Labute approximate surface area is 106 Å². The molecule has 0 aliphatic rings. The van der Waals surface area contributed by atoms with Gasteiger partial charge in [-0.25, -0.2) is 9.59 Å². The zero-order valence-corrected chi connectivity index (χ0v) is 9.13. The lowest BCUT2D eigenvalue weighted by Crippen LogP contribution is -2.12. The van der Waals surface area contributed by atoms with Crippen molar-refractivity contribution >= 4 is 23.5 Å². The Morgan fingerprint density at radius 3 is 1.80 bits per heavy atom. The van der Waals surface area contributed by atoms with Gasteiger partial charge in [-0.2, -0.15) is 36.3 Å². The first-order valence-electron chi connectivity index (χ1n) is 4.60. The van der Waals surface area contributed by atoms with Gasteiger partial charge in [0, 0.05) is 0 Å². The molecule has 20 heavy (non-hydrogen) atoms. The van der Waals surface area contributed by atoms with Gasteiger partial charge in [0.15, 0.2) is 0 Å². The molecule has 0 radical (unpaired) electrons. The molecule has 1 aromatic carbocycles. The van der Waals surface area contributed by atoms with Gasteiger partial charge in [0.1, 0.15) is 11.3 Å². The van der Waals surface area contributed by atoms with Gasteiger partial charge in [0.2, 0.25) is 12.2 Å². The third-order valence-corrected chi connectivity index (χ3v) is 2.07. The van der Waals surface area contributed by atoms with Crippen LogP contribution in [0.1, 0.15) is 11.1 Å². The van der Waals surface area contributed by atoms with E-state index in [2.05, 4.69) is 9.98 Å². The molecule has 0 aliphatic carbocycles. The first-order chi connectivity index (χ1) is 9.12. The molecule has 0 saturated carbocycles. The fourth-order valence-corrected chi connectivity index (χ4v) is 1.39. The molecule has 0 spiro atoms. The number of halogens is 6. The van der Waals surface area contributed by atoms with Gasteiger partial charge in [-0.1, -0.05) is 0 Å². The molecule has 0 heterocycles. The van der Waals surface area contributed by atoms with Crippen molar-refractivity contribution in [2.24, 2.45) is 9.98 Å². The molecule has 0 aliphatic heterocycles. The lowest BCUT2D eigenvalue weighted by Gasteiger charge is -2.16. The summed E-state index contributed by atoms with van der Waals surface area (Å²) in [4.78, 5) is 25.2. The summed E-state index contributed by atoms with van der Waals surface area (Å²) in [5.74, 6) is 0. The van der Waals surface area contributed by atoms with E-state index in [9.17, 15) is 35.9 Å². The maximum Gasteiger partial charge on any atom is 0.420 e. The Hall–Kier alpha value is -2.44. The summed E-state index contributed by atoms with van der Waals surface area (Å²) in [6.07, 6.45) is -9.10. The van der Waals surface area contributed by atoms with Crippen molar-refractivity contribution in [3.63, 3.8) is 0 Å². The summed E-state index contributed by atoms with van der Waals surface area (Å²) in [6, 6.07) is 0.557. The van der Waals surface area contributed by atoms with Crippen molar-refractivity contribution in [3.05, 3.63) is 23.3 Å².